The first-order valence-electron chi connectivity index (χ1n) is 41.9. The largest absolute Gasteiger partial charge is 0.456 e. The molecule has 25 rings (SSSR count). The SMILES string of the molecule is c1ccc(-c2nc(-c3ccc(-c4cccc5c4Oc4ccccc4C54c5ccccc5-c5cc(-c6ccc7c(-c8cc(-c9ccc(-c%10cccc%11c%10Oc%10ccccc%10C%11%10c%11ccccc%11-c%11ccccc%11%10)cc9)nc(-c9ccccc9)n8)ccc(-c8ccccc8)c7c6)ccc54)cc3)cc(-c3ccc(-c4cccc5c4oc4ccccc45)cc3)n2)cc1. The van der Waals surface area contributed by atoms with Crippen LogP contribution >= 0.6 is 0 Å². The number of rotatable bonds is 11. The van der Waals surface area contributed by atoms with E-state index in [2.05, 4.69) is 388 Å². The topological polar surface area (TPSA) is 83.2 Å². The first kappa shape index (κ1) is 69.9. The first-order valence-corrected chi connectivity index (χ1v) is 41.9. The number of hydrogen-bond donors (Lipinski definition) is 0. The van der Waals surface area contributed by atoms with Crippen LogP contribution in [0.1, 0.15) is 44.5 Å². The summed E-state index contributed by atoms with van der Waals surface area (Å²) in [5.41, 5.74) is 34.5. The molecular weight excluding hydrogens is 1500 g/mol. The molecule has 123 heavy (non-hydrogen) atoms. The molecular formula is C116H70N4O3. The molecule has 1 atom stereocenters. The third kappa shape index (κ3) is 10.8. The van der Waals surface area contributed by atoms with Gasteiger partial charge in [-0.15, -0.1) is 0 Å². The summed E-state index contributed by atoms with van der Waals surface area (Å²) in [7, 11) is 0. The predicted molar refractivity (Wildman–Crippen MR) is 497 cm³/mol. The summed E-state index contributed by atoms with van der Waals surface area (Å²) in [6.07, 6.45) is 0. The summed E-state index contributed by atoms with van der Waals surface area (Å²) in [6.45, 7) is 0. The molecule has 0 radical (unpaired) electrons. The van der Waals surface area contributed by atoms with Crippen molar-refractivity contribution in [2.45, 2.75) is 10.8 Å². The van der Waals surface area contributed by atoms with E-state index in [0.717, 1.165) is 190 Å². The summed E-state index contributed by atoms with van der Waals surface area (Å²) >= 11 is 0. The van der Waals surface area contributed by atoms with E-state index in [9.17, 15) is 0 Å². The molecule has 7 nitrogen and oxygen atoms in total. The van der Waals surface area contributed by atoms with Crippen LogP contribution in [-0.4, -0.2) is 19.9 Å². The molecule has 2 aliphatic carbocycles. The summed E-state index contributed by atoms with van der Waals surface area (Å²) in [6, 6.07) is 152. The number of furan rings is 1. The maximum Gasteiger partial charge on any atom is 0.160 e. The van der Waals surface area contributed by atoms with Crippen LogP contribution in [0.3, 0.4) is 0 Å². The monoisotopic (exact) mass is 1570 g/mol. The maximum absolute atomic E-state index is 7.31. The normalized spacial score (nSPS) is 13.9. The number of benzene rings is 18. The third-order valence-electron chi connectivity index (χ3n) is 25.9. The predicted octanol–water partition coefficient (Wildman–Crippen LogP) is 29.6. The Kier molecular flexibility index (Phi) is 15.7. The highest BCUT2D eigenvalue weighted by Gasteiger charge is 2.53. The lowest BCUT2D eigenvalue weighted by Crippen LogP contribution is -2.32. The van der Waals surface area contributed by atoms with Crippen molar-refractivity contribution in [2.24, 2.45) is 0 Å². The fourth-order valence-corrected chi connectivity index (χ4v) is 20.4. The highest BCUT2D eigenvalue weighted by Crippen LogP contribution is 2.66. The molecule has 0 amide bonds. The summed E-state index contributed by atoms with van der Waals surface area (Å²) in [5.74, 6) is 4.67. The molecule has 2 aliphatic heterocycles. The third-order valence-corrected chi connectivity index (χ3v) is 25.9. The maximum atomic E-state index is 7.31. The Labute approximate surface area is 710 Å². The van der Waals surface area contributed by atoms with Crippen molar-refractivity contribution in [3.63, 3.8) is 0 Å². The Hall–Kier alpha value is -16.2. The molecule has 3 aromatic heterocycles. The van der Waals surface area contributed by atoms with Crippen molar-refractivity contribution in [1.29, 1.82) is 0 Å². The van der Waals surface area contributed by atoms with Gasteiger partial charge in [-0.25, -0.2) is 19.9 Å². The molecule has 572 valence electrons. The van der Waals surface area contributed by atoms with E-state index in [-0.39, 0.29) is 0 Å². The molecule has 4 aliphatic rings. The average molecular weight is 1570 g/mol. The van der Waals surface area contributed by atoms with Gasteiger partial charge < -0.3 is 13.9 Å². The molecule has 0 N–H and O–H groups in total. The van der Waals surface area contributed by atoms with E-state index in [1.165, 1.54) is 44.5 Å². The molecule has 0 fully saturated rings. The van der Waals surface area contributed by atoms with Crippen molar-refractivity contribution < 1.29 is 13.9 Å². The number of aromatic nitrogens is 4. The van der Waals surface area contributed by atoms with Crippen LogP contribution in [0.5, 0.6) is 23.0 Å². The van der Waals surface area contributed by atoms with Gasteiger partial charge >= 0.3 is 0 Å². The highest BCUT2D eigenvalue weighted by atomic mass is 16.5. The lowest BCUT2D eigenvalue weighted by Gasteiger charge is -2.40. The number of fused-ring (bicyclic) bond motifs is 22. The van der Waals surface area contributed by atoms with Crippen LogP contribution in [0.2, 0.25) is 0 Å². The Bertz CT molecular complexity index is 7870. The second kappa shape index (κ2) is 27.7. The molecule has 0 saturated heterocycles. The molecule has 18 aromatic carbocycles. The van der Waals surface area contributed by atoms with Crippen LogP contribution in [0.15, 0.2) is 429 Å². The first-order chi connectivity index (χ1) is 60.9. The van der Waals surface area contributed by atoms with Gasteiger partial charge in [-0.05, 0) is 137 Å². The van der Waals surface area contributed by atoms with E-state index >= 15 is 0 Å². The van der Waals surface area contributed by atoms with Gasteiger partial charge in [0.25, 0.3) is 0 Å². The molecule has 2 spiro atoms. The van der Waals surface area contributed by atoms with Crippen molar-refractivity contribution in [3.05, 3.63) is 469 Å². The lowest BCUT2D eigenvalue weighted by molar-refractivity contribution is 0.438. The average Bonchev–Trinajstić information content (AvgIpc) is 1.60. The van der Waals surface area contributed by atoms with Crippen LogP contribution in [0.4, 0.5) is 0 Å². The Morgan fingerprint density at radius 3 is 1.08 bits per heavy atom. The van der Waals surface area contributed by atoms with Crippen LogP contribution in [0, 0.1) is 0 Å². The van der Waals surface area contributed by atoms with Gasteiger partial charge in [0, 0.05) is 83.1 Å². The summed E-state index contributed by atoms with van der Waals surface area (Å²) in [4.78, 5) is 21.4. The van der Waals surface area contributed by atoms with E-state index < -0.39 is 10.8 Å². The van der Waals surface area contributed by atoms with Crippen LogP contribution in [0.25, 0.3) is 178 Å². The molecule has 21 aromatic rings. The molecule has 0 saturated carbocycles. The van der Waals surface area contributed by atoms with Gasteiger partial charge in [-0.1, -0.05) is 382 Å². The van der Waals surface area contributed by atoms with Gasteiger partial charge in [-0.3, -0.25) is 0 Å². The zero-order valence-corrected chi connectivity index (χ0v) is 66.4. The highest BCUT2D eigenvalue weighted by molar-refractivity contribution is 6.10. The summed E-state index contributed by atoms with van der Waals surface area (Å²) in [5, 5.41) is 4.41. The minimum Gasteiger partial charge on any atom is -0.456 e. The molecule has 1 unspecified atom stereocenters. The second-order valence-electron chi connectivity index (χ2n) is 32.4. The molecule has 0 bridgehead atoms. The van der Waals surface area contributed by atoms with E-state index in [1.54, 1.807) is 0 Å². The number of nitrogens with zero attached hydrogens (tertiary/aromatic N) is 4. The standard InChI is InChI=1S/C116H70N4O3/c1-4-25-71(26-5-1)82-64-65-90(106-70-105(119-114(120-106)79-29-8-3-9-30-79)77-59-53-74(54-60-77)84-36-23-44-101-111(84)122-108-47-20-17-42-99(108)115(101)95-39-14-10-31-87(95)88-32-11-15-40-96(88)115)86-63-61-80(67-93(82)86)81-62-66-98-94(68-81)89-33-12-16-41-97(89)116(98)100-43-18-21-48-109(100)123-112-85(37-24-45-102(112)116)73-51-57-76(58-52-73)104-69-103(117-113(118-104)78-27-6-2-7-28-78)75-55-49-72(50-56-75)83-35-22-38-92-91-34-13-19-46-107(91)121-110(83)92/h1-70H. The quantitative estimate of drug-likeness (QED) is 0.128. The van der Waals surface area contributed by atoms with Crippen molar-refractivity contribution in [2.75, 3.05) is 0 Å². The van der Waals surface area contributed by atoms with E-state index in [1.807, 2.05) is 36.4 Å². The second-order valence-corrected chi connectivity index (χ2v) is 32.4. The van der Waals surface area contributed by atoms with Crippen molar-refractivity contribution in [1.82, 2.24) is 19.9 Å². The van der Waals surface area contributed by atoms with Crippen LogP contribution in [-0.2, 0) is 10.8 Å². The Morgan fingerprint density at radius 2 is 0.537 bits per heavy atom. The molecule has 5 heterocycles. The number of para-hydroxylation sites is 6. The number of hydrogen-bond acceptors (Lipinski definition) is 7. The summed E-state index contributed by atoms with van der Waals surface area (Å²) < 4.78 is 20.9. The minimum absolute atomic E-state index is 0.571. The minimum atomic E-state index is -0.727. The smallest absolute Gasteiger partial charge is 0.160 e. The van der Waals surface area contributed by atoms with E-state index in [4.69, 9.17) is 33.8 Å². The molecule has 7 heteroatoms. The van der Waals surface area contributed by atoms with Crippen molar-refractivity contribution >= 4 is 32.7 Å². The van der Waals surface area contributed by atoms with Crippen molar-refractivity contribution in [3.8, 4) is 169 Å². The fourth-order valence-electron chi connectivity index (χ4n) is 20.4. The van der Waals surface area contributed by atoms with Gasteiger partial charge in [0.1, 0.15) is 34.2 Å². The zero-order chi connectivity index (χ0) is 80.9. The van der Waals surface area contributed by atoms with Gasteiger partial charge in [-0.2, -0.15) is 0 Å². The van der Waals surface area contributed by atoms with Gasteiger partial charge in [0.2, 0.25) is 0 Å². The van der Waals surface area contributed by atoms with Gasteiger partial charge in [0.15, 0.2) is 11.6 Å². The fraction of sp³-hybridized carbons (Fsp3) is 0.0172. The Balaban J connectivity index is 0.570. The Morgan fingerprint density at radius 1 is 0.179 bits per heavy atom. The van der Waals surface area contributed by atoms with Crippen LogP contribution < -0.4 is 9.47 Å². The van der Waals surface area contributed by atoms with Gasteiger partial charge in [0.05, 0.1) is 33.6 Å². The lowest BCUT2D eigenvalue weighted by atomic mass is 9.65. The van der Waals surface area contributed by atoms with E-state index in [0.29, 0.717) is 11.6 Å². The number of ether oxygens (including phenoxy) is 2. The zero-order valence-electron chi connectivity index (χ0n) is 66.4.